The molecule has 2 aliphatic rings. The lowest BCUT2D eigenvalue weighted by Gasteiger charge is -2.42. The molecule has 0 spiro atoms. The van der Waals surface area contributed by atoms with Crippen molar-refractivity contribution in [2.75, 3.05) is 25.0 Å². The number of hydrogen-bond acceptors (Lipinski definition) is 4. The molecule has 1 unspecified atom stereocenters. The number of halogens is 1. The van der Waals surface area contributed by atoms with E-state index in [1.54, 1.807) is 6.07 Å². The number of likely N-dealkylation sites (N-methyl/N-ethyl adjacent to an activating group) is 1. The predicted molar refractivity (Wildman–Crippen MR) is 127 cm³/mol. The summed E-state index contributed by atoms with van der Waals surface area (Å²) in [4.78, 5) is 20.6. The average Bonchev–Trinajstić information content (AvgIpc) is 3.55. The highest BCUT2D eigenvalue weighted by Crippen LogP contribution is 2.45. The van der Waals surface area contributed by atoms with Gasteiger partial charge in [0.2, 0.25) is 5.88 Å². The smallest absolute Gasteiger partial charge is 0.274 e. The lowest BCUT2D eigenvalue weighted by atomic mass is 10.1. The number of carbonyl (C=O) groups excluding carboxylic acids is 1. The Hall–Kier alpha value is -2.41. The zero-order valence-corrected chi connectivity index (χ0v) is 19.5. The monoisotopic (exact) mass is 454 g/mol. The molecule has 1 amide bonds. The molecule has 160 valence electrons. The number of nitrogens with zero attached hydrogens (tertiary/aromatic N) is 3. The zero-order valence-electron chi connectivity index (χ0n) is 17.9. The number of fused-ring (bicyclic) bond motifs is 1. The maximum atomic E-state index is 13.7. The highest BCUT2D eigenvalue weighted by atomic mass is 35.5. The van der Waals surface area contributed by atoms with Crippen LogP contribution in [0.4, 0.5) is 11.4 Å². The highest BCUT2D eigenvalue weighted by molar-refractivity contribution is 7.14. The standard InChI is InChI=1S/C24H25ClN3O2S/c1-15-8-9-17(25)14-21(15)30-23-22(31-16(2)26-23)24(29)27-12-13-28(3,18-10-11-18)20-7-5-4-6-19(20)27/h4-9,14,18H,10-13H2,1-3H3/q+1. The fraction of sp³-hybridized carbons (Fsp3) is 0.333. The van der Waals surface area contributed by atoms with Crippen LogP contribution >= 0.6 is 22.9 Å². The van der Waals surface area contributed by atoms with Crippen molar-refractivity contribution in [1.82, 2.24) is 9.47 Å². The number of ether oxygens (including phenoxy) is 1. The van der Waals surface area contributed by atoms with Crippen LogP contribution < -0.4 is 14.1 Å². The zero-order chi connectivity index (χ0) is 21.8. The van der Waals surface area contributed by atoms with Gasteiger partial charge in [0.25, 0.3) is 5.91 Å². The lowest BCUT2D eigenvalue weighted by molar-refractivity contribution is 0.0982. The molecule has 3 aromatic rings. The van der Waals surface area contributed by atoms with Crippen molar-refractivity contribution in [1.29, 1.82) is 0 Å². The summed E-state index contributed by atoms with van der Waals surface area (Å²) in [5, 5.41) is 1.38. The van der Waals surface area contributed by atoms with E-state index in [2.05, 4.69) is 30.2 Å². The number of thiazole rings is 1. The average molecular weight is 455 g/mol. The molecule has 2 heterocycles. The first-order chi connectivity index (χ1) is 14.9. The quantitative estimate of drug-likeness (QED) is 0.456. The second-order valence-electron chi connectivity index (χ2n) is 8.55. The minimum Gasteiger partial charge on any atom is -0.437 e. The fourth-order valence-electron chi connectivity index (χ4n) is 4.43. The largest absolute Gasteiger partial charge is 0.437 e. The Kier molecular flexibility index (Phi) is 5.04. The highest BCUT2D eigenvalue weighted by Gasteiger charge is 2.48. The lowest BCUT2D eigenvalue weighted by Crippen LogP contribution is -2.56. The Morgan fingerprint density at radius 1 is 1.23 bits per heavy atom. The van der Waals surface area contributed by atoms with Crippen LogP contribution in [0.1, 0.15) is 33.1 Å². The van der Waals surface area contributed by atoms with Crippen LogP contribution in [0.2, 0.25) is 5.02 Å². The fourth-order valence-corrected chi connectivity index (χ4v) is 5.39. The van der Waals surface area contributed by atoms with E-state index in [-0.39, 0.29) is 5.91 Å². The van der Waals surface area contributed by atoms with Gasteiger partial charge < -0.3 is 4.74 Å². The van der Waals surface area contributed by atoms with Gasteiger partial charge in [-0.2, -0.15) is 0 Å². The van der Waals surface area contributed by atoms with E-state index in [1.807, 2.05) is 36.9 Å². The molecule has 1 aliphatic carbocycles. The Balaban J connectivity index is 1.50. The van der Waals surface area contributed by atoms with Gasteiger partial charge in [-0.3, -0.25) is 14.2 Å². The Morgan fingerprint density at radius 2 is 2.00 bits per heavy atom. The van der Waals surface area contributed by atoms with Crippen molar-refractivity contribution in [2.24, 2.45) is 0 Å². The number of anilines is 1. The summed E-state index contributed by atoms with van der Waals surface area (Å²) in [5.74, 6) is 0.902. The number of aromatic nitrogens is 1. The first-order valence-electron chi connectivity index (χ1n) is 10.5. The summed E-state index contributed by atoms with van der Waals surface area (Å²) in [6.45, 7) is 5.43. The summed E-state index contributed by atoms with van der Waals surface area (Å²) in [7, 11) is 2.30. The van der Waals surface area contributed by atoms with Crippen LogP contribution in [0.15, 0.2) is 42.5 Å². The minimum atomic E-state index is -0.0604. The van der Waals surface area contributed by atoms with Crippen molar-refractivity contribution >= 4 is 40.2 Å². The minimum absolute atomic E-state index is 0.0604. The SMILES string of the molecule is Cc1nc(Oc2cc(Cl)ccc2C)c(C(=O)N2CC[N+](C)(C3CC3)c3ccccc32)s1. The number of quaternary nitrogens is 1. The van der Waals surface area contributed by atoms with E-state index in [1.165, 1.54) is 29.9 Å². The van der Waals surface area contributed by atoms with Gasteiger partial charge >= 0.3 is 0 Å². The second kappa shape index (κ2) is 7.62. The summed E-state index contributed by atoms with van der Waals surface area (Å²) in [5.41, 5.74) is 3.15. The maximum absolute atomic E-state index is 13.7. The summed E-state index contributed by atoms with van der Waals surface area (Å²) in [6, 6.07) is 14.4. The molecule has 1 atom stereocenters. The van der Waals surface area contributed by atoms with E-state index in [0.717, 1.165) is 27.3 Å². The third kappa shape index (κ3) is 3.63. The van der Waals surface area contributed by atoms with Crippen molar-refractivity contribution in [2.45, 2.75) is 32.7 Å². The molecule has 5 rings (SSSR count). The van der Waals surface area contributed by atoms with Gasteiger partial charge in [-0.05, 0) is 37.6 Å². The van der Waals surface area contributed by atoms with E-state index >= 15 is 0 Å². The molecule has 1 aromatic heterocycles. The van der Waals surface area contributed by atoms with Crippen LogP contribution in [-0.2, 0) is 0 Å². The second-order valence-corrected chi connectivity index (χ2v) is 10.2. The van der Waals surface area contributed by atoms with Crippen LogP contribution in [0.3, 0.4) is 0 Å². The van der Waals surface area contributed by atoms with Crippen LogP contribution in [-0.4, -0.2) is 37.1 Å². The number of carbonyl (C=O) groups is 1. The Morgan fingerprint density at radius 3 is 2.77 bits per heavy atom. The first-order valence-corrected chi connectivity index (χ1v) is 11.7. The van der Waals surface area contributed by atoms with E-state index in [4.69, 9.17) is 16.3 Å². The Bertz CT molecular complexity index is 1170. The van der Waals surface area contributed by atoms with Gasteiger partial charge in [-0.1, -0.05) is 29.8 Å². The summed E-state index contributed by atoms with van der Waals surface area (Å²) < 4.78 is 7.00. The van der Waals surface area contributed by atoms with Crippen molar-refractivity contribution in [3.63, 3.8) is 0 Å². The number of rotatable bonds is 4. The molecule has 2 aromatic carbocycles. The van der Waals surface area contributed by atoms with Crippen LogP contribution in [0.25, 0.3) is 0 Å². The normalized spacial score (nSPS) is 20.5. The molecule has 31 heavy (non-hydrogen) atoms. The predicted octanol–water partition coefficient (Wildman–Crippen LogP) is 5.97. The maximum Gasteiger partial charge on any atom is 0.274 e. The molecule has 0 N–H and O–H groups in total. The molecule has 0 radical (unpaired) electrons. The van der Waals surface area contributed by atoms with E-state index in [9.17, 15) is 4.79 Å². The van der Waals surface area contributed by atoms with Gasteiger partial charge in [0, 0.05) is 23.9 Å². The van der Waals surface area contributed by atoms with Crippen molar-refractivity contribution in [3.8, 4) is 11.6 Å². The van der Waals surface area contributed by atoms with E-state index in [0.29, 0.717) is 34.1 Å². The molecular weight excluding hydrogens is 430 g/mol. The third-order valence-electron chi connectivity index (χ3n) is 6.36. The molecule has 1 fully saturated rings. The van der Waals surface area contributed by atoms with Crippen LogP contribution in [0.5, 0.6) is 11.6 Å². The number of para-hydroxylation sites is 2. The van der Waals surface area contributed by atoms with Crippen molar-refractivity contribution < 1.29 is 9.53 Å². The third-order valence-corrected chi connectivity index (χ3v) is 7.54. The molecule has 0 saturated heterocycles. The Labute approximate surface area is 191 Å². The summed E-state index contributed by atoms with van der Waals surface area (Å²) >= 11 is 7.52. The molecular formula is C24H25ClN3O2S+. The number of amides is 1. The number of hydrogen-bond donors (Lipinski definition) is 0. The van der Waals surface area contributed by atoms with E-state index < -0.39 is 0 Å². The molecule has 0 bridgehead atoms. The number of aryl methyl sites for hydroxylation is 2. The molecule has 1 aliphatic heterocycles. The summed E-state index contributed by atoms with van der Waals surface area (Å²) in [6.07, 6.45) is 2.51. The topological polar surface area (TPSA) is 42.4 Å². The number of benzene rings is 2. The van der Waals surface area contributed by atoms with Crippen molar-refractivity contribution in [3.05, 3.63) is 62.9 Å². The van der Waals surface area contributed by atoms with Gasteiger partial charge in [-0.15, -0.1) is 11.3 Å². The molecule has 7 heteroatoms. The molecule has 5 nitrogen and oxygen atoms in total. The van der Waals surface area contributed by atoms with Gasteiger partial charge in [0.15, 0.2) is 10.6 Å². The van der Waals surface area contributed by atoms with Gasteiger partial charge in [0.1, 0.15) is 18.0 Å². The van der Waals surface area contributed by atoms with Gasteiger partial charge in [0.05, 0.1) is 24.6 Å². The first kappa shape index (κ1) is 20.5. The molecule has 1 saturated carbocycles. The van der Waals surface area contributed by atoms with Gasteiger partial charge in [-0.25, -0.2) is 4.98 Å². The van der Waals surface area contributed by atoms with Crippen LogP contribution in [0, 0.1) is 13.8 Å².